The summed E-state index contributed by atoms with van der Waals surface area (Å²) < 4.78 is 2.07. The Morgan fingerprint density at radius 3 is 3.09 bits per heavy atom. The first-order valence-corrected chi connectivity index (χ1v) is 7.85. The van der Waals surface area contributed by atoms with Crippen LogP contribution in [-0.2, 0) is 19.2 Å². The molecule has 1 fully saturated rings. The smallest absolute Gasteiger partial charge is 0.124 e. The molecule has 0 amide bonds. The van der Waals surface area contributed by atoms with E-state index in [4.69, 9.17) is 11.6 Å². The highest BCUT2D eigenvalue weighted by Crippen LogP contribution is 2.31. The van der Waals surface area contributed by atoms with Gasteiger partial charge in [-0.15, -0.1) is 0 Å². The van der Waals surface area contributed by atoms with E-state index in [9.17, 15) is 5.11 Å². The fourth-order valence-corrected chi connectivity index (χ4v) is 3.37. The van der Waals surface area contributed by atoms with E-state index in [1.54, 1.807) is 6.20 Å². The molecule has 8 heteroatoms. The molecule has 1 saturated heterocycles. The van der Waals surface area contributed by atoms with E-state index in [-0.39, 0.29) is 0 Å². The molecule has 4 rings (SSSR count). The lowest BCUT2D eigenvalue weighted by atomic mass is 10.0. The van der Waals surface area contributed by atoms with Crippen LogP contribution in [0.25, 0.3) is 11.0 Å². The third-order valence-corrected chi connectivity index (χ3v) is 4.75. The second kappa shape index (κ2) is 5.30. The van der Waals surface area contributed by atoms with Crippen molar-refractivity contribution in [2.75, 3.05) is 13.1 Å². The number of imidazole rings is 1. The first-order valence-electron chi connectivity index (χ1n) is 7.47. The summed E-state index contributed by atoms with van der Waals surface area (Å²) in [5, 5.41) is 21.8. The number of H-pyrrole nitrogens is 1. The van der Waals surface area contributed by atoms with Gasteiger partial charge in [-0.05, 0) is 24.6 Å². The second-order valence-corrected chi connectivity index (χ2v) is 6.50. The highest BCUT2D eigenvalue weighted by molar-refractivity contribution is 6.31. The maximum Gasteiger partial charge on any atom is 0.124 e. The summed E-state index contributed by atoms with van der Waals surface area (Å²) in [6.45, 7) is 1.97. The molecule has 1 aliphatic rings. The van der Waals surface area contributed by atoms with Gasteiger partial charge in [-0.2, -0.15) is 15.4 Å². The molecule has 7 nitrogen and oxygen atoms in total. The predicted octanol–water partition coefficient (Wildman–Crippen LogP) is 1.44. The van der Waals surface area contributed by atoms with Crippen LogP contribution in [0.3, 0.4) is 0 Å². The van der Waals surface area contributed by atoms with Crippen LogP contribution in [0, 0.1) is 0 Å². The topological polar surface area (TPSA) is 82.9 Å². The second-order valence-electron chi connectivity index (χ2n) is 6.07. The van der Waals surface area contributed by atoms with E-state index >= 15 is 0 Å². The monoisotopic (exact) mass is 332 g/mol. The first-order chi connectivity index (χ1) is 11.0. The molecule has 2 aromatic heterocycles. The Hall–Kier alpha value is -1.96. The van der Waals surface area contributed by atoms with Gasteiger partial charge in [0, 0.05) is 25.2 Å². The summed E-state index contributed by atoms with van der Waals surface area (Å²) in [7, 11) is 2.00. The van der Waals surface area contributed by atoms with Gasteiger partial charge in [0.25, 0.3) is 0 Å². The zero-order valence-electron chi connectivity index (χ0n) is 12.7. The number of β-amino-alcohol motifs (C(OH)–C–C–N with tert-alkyl or cyclic N) is 1. The lowest BCUT2D eigenvalue weighted by Crippen LogP contribution is -2.31. The molecule has 3 heterocycles. The van der Waals surface area contributed by atoms with Crippen molar-refractivity contribution >= 4 is 22.6 Å². The molecule has 0 bridgehead atoms. The van der Waals surface area contributed by atoms with Crippen molar-refractivity contribution in [2.45, 2.75) is 18.6 Å². The molecule has 0 saturated carbocycles. The number of nitrogens with zero attached hydrogens (tertiary/aromatic N) is 5. The number of halogens is 1. The largest absolute Gasteiger partial charge is 0.382 e. The Balaban J connectivity index is 1.56. The lowest BCUT2D eigenvalue weighted by molar-refractivity contribution is 0.0405. The maximum absolute atomic E-state index is 10.7. The van der Waals surface area contributed by atoms with Gasteiger partial charge in [-0.3, -0.25) is 4.90 Å². The van der Waals surface area contributed by atoms with Crippen molar-refractivity contribution in [1.29, 1.82) is 0 Å². The number of aromatic amines is 1. The van der Waals surface area contributed by atoms with Crippen molar-refractivity contribution in [3.8, 4) is 0 Å². The van der Waals surface area contributed by atoms with Gasteiger partial charge in [0.2, 0.25) is 0 Å². The highest BCUT2D eigenvalue weighted by atomic mass is 35.5. The van der Waals surface area contributed by atoms with Crippen molar-refractivity contribution in [3.05, 3.63) is 40.9 Å². The van der Waals surface area contributed by atoms with Gasteiger partial charge < -0.3 is 9.67 Å². The fourth-order valence-electron chi connectivity index (χ4n) is 3.21. The minimum absolute atomic E-state index is 0.517. The SMILES string of the molecule is Cn1c(CN2CCC(O)(c3cn[nH]n3)C2)nc2cc(Cl)ccc21. The fraction of sp³-hybridized carbons (Fsp3) is 0.400. The van der Waals surface area contributed by atoms with E-state index < -0.39 is 5.60 Å². The lowest BCUT2D eigenvalue weighted by Gasteiger charge is -2.20. The number of fused-ring (bicyclic) bond motifs is 1. The summed E-state index contributed by atoms with van der Waals surface area (Å²) in [4.78, 5) is 6.85. The standard InChI is InChI=1S/C15H17ClN6O/c1-21-12-3-2-10(16)6-11(12)18-14(21)8-22-5-4-15(23,9-22)13-7-17-20-19-13/h2-3,6-7,23H,4-5,8-9H2,1H3,(H,17,19,20). The third-order valence-electron chi connectivity index (χ3n) is 4.52. The molecule has 2 N–H and O–H groups in total. The van der Waals surface area contributed by atoms with E-state index in [2.05, 4.69) is 29.9 Å². The molecule has 1 atom stereocenters. The molecule has 0 aliphatic carbocycles. The minimum Gasteiger partial charge on any atom is -0.382 e. The van der Waals surface area contributed by atoms with E-state index in [0.717, 1.165) is 23.4 Å². The predicted molar refractivity (Wildman–Crippen MR) is 85.9 cm³/mol. The van der Waals surface area contributed by atoms with Crippen molar-refractivity contribution in [3.63, 3.8) is 0 Å². The van der Waals surface area contributed by atoms with E-state index in [1.165, 1.54) is 0 Å². The number of hydrogen-bond donors (Lipinski definition) is 2. The van der Waals surface area contributed by atoms with Crippen LogP contribution < -0.4 is 0 Å². The summed E-state index contributed by atoms with van der Waals surface area (Å²) in [5.41, 5.74) is 1.59. The molecule has 120 valence electrons. The quantitative estimate of drug-likeness (QED) is 0.758. The number of nitrogens with one attached hydrogen (secondary N) is 1. The third kappa shape index (κ3) is 2.50. The van der Waals surface area contributed by atoms with Gasteiger partial charge in [-0.25, -0.2) is 4.98 Å². The van der Waals surface area contributed by atoms with Crippen molar-refractivity contribution in [1.82, 2.24) is 29.9 Å². The zero-order valence-corrected chi connectivity index (χ0v) is 13.5. The number of hydrogen-bond acceptors (Lipinski definition) is 5. The number of aromatic nitrogens is 5. The molecule has 1 unspecified atom stereocenters. The molecule has 0 spiro atoms. The Morgan fingerprint density at radius 2 is 2.30 bits per heavy atom. The molecular weight excluding hydrogens is 316 g/mol. The number of aliphatic hydroxyl groups is 1. The van der Waals surface area contributed by atoms with Crippen LogP contribution in [0.2, 0.25) is 5.02 Å². The van der Waals surface area contributed by atoms with Crippen LogP contribution in [0.4, 0.5) is 0 Å². The Bertz CT molecular complexity index is 845. The van der Waals surface area contributed by atoms with E-state index in [0.29, 0.717) is 30.2 Å². The minimum atomic E-state index is -0.944. The summed E-state index contributed by atoms with van der Waals surface area (Å²) in [5.74, 6) is 0.951. The number of rotatable bonds is 3. The van der Waals surface area contributed by atoms with Gasteiger partial charge >= 0.3 is 0 Å². The van der Waals surface area contributed by atoms with Gasteiger partial charge in [0.1, 0.15) is 17.1 Å². The number of benzene rings is 1. The molecule has 1 aliphatic heterocycles. The molecule has 3 aromatic rings. The Labute approximate surface area is 137 Å². The van der Waals surface area contributed by atoms with Crippen LogP contribution in [0.15, 0.2) is 24.4 Å². The average molecular weight is 333 g/mol. The molecule has 0 radical (unpaired) electrons. The number of aryl methyl sites for hydroxylation is 1. The zero-order chi connectivity index (χ0) is 16.0. The highest BCUT2D eigenvalue weighted by Gasteiger charge is 2.40. The molecular formula is C15H17ClN6O. The van der Waals surface area contributed by atoms with Crippen LogP contribution >= 0.6 is 11.6 Å². The van der Waals surface area contributed by atoms with Crippen molar-refractivity contribution in [2.24, 2.45) is 7.05 Å². The summed E-state index contributed by atoms with van der Waals surface area (Å²) >= 11 is 6.04. The van der Waals surface area contributed by atoms with Crippen LogP contribution in [-0.4, -0.2) is 48.1 Å². The Morgan fingerprint density at radius 1 is 1.43 bits per heavy atom. The van der Waals surface area contributed by atoms with E-state index in [1.807, 2.05) is 25.2 Å². The first kappa shape index (κ1) is 14.6. The summed E-state index contributed by atoms with van der Waals surface area (Å²) in [6.07, 6.45) is 2.22. The van der Waals surface area contributed by atoms with Gasteiger partial charge in [0.15, 0.2) is 0 Å². The molecule has 23 heavy (non-hydrogen) atoms. The van der Waals surface area contributed by atoms with Crippen LogP contribution in [0.5, 0.6) is 0 Å². The maximum atomic E-state index is 10.7. The van der Waals surface area contributed by atoms with Crippen LogP contribution in [0.1, 0.15) is 17.9 Å². The van der Waals surface area contributed by atoms with Gasteiger partial charge in [-0.1, -0.05) is 11.6 Å². The van der Waals surface area contributed by atoms with Crippen molar-refractivity contribution < 1.29 is 5.11 Å². The normalized spacial score (nSPS) is 22.2. The average Bonchev–Trinajstić information content (AvgIpc) is 3.22. The Kier molecular flexibility index (Phi) is 3.37. The summed E-state index contributed by atoms with van der Waals surface area (Å²) in [6, 6.07) is 5.72. The molecule has 1 aromatic carbocycles. The van der Waals surface area contributed by atoms with Gasteiger partial charge in [0.05, 0.1) is 23.8 Å². The number of likely N-dealkylation sites (tertiary alicyclic amines) is 1.